The highest BCUT2D eigenvalue weighted by Gasteiger charge is 2.28. The molecule has 0 saturated carbocycles. The minimum atomic E-state index is -4.51. The van der Waals surface area contributed by atoms with E-state index in [1.165, 1.54) is 7.05 Å². The molecule has 1 atom stereocenters. The second-order valence-corrected chi connectivity index (χ2v) is 3.76. The summed E-state index contributed by atoms with van der Waals surface area (Å²) in [5.74, 6) is -3.71. The summed E-state index contributed by atoms with van der Waals surface area (Å²) in [6.45, 7) is -2.03. The maximum absolute atomic E-state index is 13.4. The number of alkyl halides is 3. The van der Waals surface area contributed by atoms with Gasteiger partial charge in [-0.3, -0.25) is 0 Å². The number of hydrogen-bond donors (Lipinski definition) is 1. The molecule has 1 unspecified atom stereocenters. The predicted octanol–water partition coefficient (Wildman–Crippen LogP) is 2.94. The second-order valence-electron chi connectivity index (χ2n) is 3.76. The Bertz CT molecular complexity index is 434. The number of benzene rings is 1. The quantitative estimate of drug-likeness (QED) is 0.664. The van der Waals surface area contributed by atoms with Crippen molar-refractivity contribution in [2.75, 3.05) is 20.3 Å². The minimum absolute atomic E-state index is 0.302. The summed E-state index contributed by atoms with van der Waals surface area (Å²) in [6, 6.07) is -0.0980. The zero-order valence-corrected chi connectivity index (χ0v) is 9.82. The fourth-order valence-electron chi connectivity index (χ4n) is 1.43. The molecule has 0 radical (unpaired) electrons. The second kappa shape index (κ2) is 6.25. The van der Waals surface area contributed by atoms with Gasteiger partial charge in [0, 0.05) is 11.6 Å². The van der Waals surface area contributed by atoms with Gasteiger partial charge in [0.1, 0.15) is 12.4 Å². The van der Waals surface area contributed by atoms with Crippen LogP contribution in [0.1, 0.15) is 11.6 Å². The summed E-state index contributed by atoms with van der Waals surface area (Å²) in [4.78, 5) is 0. The number of nitrogens with one attached hydrogen (secondary N) is 1. The third kappa shape index (κ3) is 4.71. The Morgan fingerprint density at radius 2 is 1.68 bits per heavy atom. The molecule has 0 saturated heterocycles. The van der Waals surface area contributed by atoms with Crippen LogP contribution < -0.4 is 5.32 Å². The lowest BCUT2D eigenvalue weighted by atomic mass is 10.1. The number of hydrogen-bond acceptors (Lipinski definition) is 2. The maximum atomic E-state index is 13.4. The van der Waals surface area contributed by atoms with Gasteiger partial charge in [0.05, 0.1) is 12.6 Å². The molecule has 0 aliphatic heterocycles. The van der Waals surface area contributed by atoms with Crippen LogP contribution in [0.25, 0.3) is 0 Å². The van der Waals surface area contributed by atoms with Gasteiger partial charge in [-0.2, -0.15) is 13.2 Å². The van der Waals surface area contributed by atoms with Gasteiger partial charge in [-0.1, -0.05) is 0 Å². The van der Waals surface area contributed by atoms with E-state index in [1.807, 2.05) is 0 Å². The molecule has 108 valence electrons. The van der Waals surface area contributed by atoms with Crippen LogP contribution in [-0.2, 0) is 4.74 Å². The summed E-state index contributed by atoms with van der Waals surface area (Å²) in [5, 5.41) is 2.47. The van der Waals surface area contributed by atoms with Gasteiger partial charge in [-0.25, -0.2) is 13.2 Å². The molecule has 1 rings (SSSR count). The van der Waals surface area contributed by atoms with Gasteiger partial charge in [0.25, 0.3) is 0 Å². The van der Waals surface area contributed by atoms with Crippen molar-refractivity contribution >= 4 is 0 Å². The van der Waals surface area contributed by atoms with Crippen LogP contribution in [0.5, 0.6) is 0 Å². The number of ether oxygens (including phenoxy) is 1. The third-order valence-corrected chi connectivity index (χ3v) is 2.31. The average Bonchev–Trinajstić information content (AvgIpc) is 2.29. The molecule has 1 N–H and O–H groups in total. The van der Waals surface area contributed by atoms with Crippen LogP contribution in [0.15, 0.2) is 12.1 Å². The lowest BCUT2D eigenvalue weighted by Crippen LogP contribution is -2.26. The molecule has 0 amide bonds. The van der Waals surface area contributed by atoms with E-state index in [1.54, 1.807) is 0 Å². The van der Waals surface area contributed by atoms with Gasteiger partial charge >= 0.3 is 6.18 Å². The zero-order chi connectivity index (χ0) is 14.6. The van der Waals surface area contributed by atoms with E-state index in [-0.39, 0.29) is 5.56 Å². The Kier molecular flexibility index (Phi) is 5.19. The predicted molar refractivity (Wildman–Crippen MR) is 55.0 cm³/mol. The van der Waals surface area contributed by atoms with Crippen molar-refractivity contribution < 1.29 is 31.1 Å². The van der Waals surface area contributed by atoms with Crippen LogP contribution in [0.4, 0.5) is 26.3 Å². The van der Waals surface area contributed by atoms with E-state index >= 15 is 0 Å². The van der Waals surface area contributed by atoms with Crippen LogP contribution in [0.2, 0.25) is 0 Å². The van der Waals surface area contributed by atoms with Crippen molar-refractivity contribution in [1.29, 1.82) is 0 Å². The lowest BCUT2D eigenvalue weighted by molar-refractivity contribution is -0.175. The van der Waals surface area contributed by atoms with Crippen molar-refractivity contribution in [3.05, 3.63) is 35.1 Å². The molecule has 0 spiro atoms. The van der Waals surface area contributed by atoms with Crippen LogP contribution in [-0.4, -0.2) is 26.4 Å². The molecule has 1 aromatic rings. The molecule has 2 nitrogen and oxygen atoms in total. The Morgan fingerprint density at radius 1 is 1.11 bits per heavy atom. The fourth-order valence-corrected chi connectivity index (χ4v) is 1.43. The zero-order valence-electron chi connectivity index (χ0n) is 9.82. The van der Waals surface area contributed by atoms with Crippen molar-refractivity contribution in [1.82, 2.24) is 5.32 Å². The monoisotopic (exact) mass is 287 g/mol. The Balaban J connectivity index is 2.77. The molecular formula is C11H11F6NO. The van der Waals surface area contributed by atoms with Crippen LogP contribution >= 0.6 is 0 Å². The Labute approximate surface area is 105 Å². The van der Waals surface area contributed by atoms with Gasteiger partial charge in [-0.05, 0) is 13.1 Å². The molecule has 19 heavy (non-hydrogen) atoms. The van der Waals surface area contributed by atoms with Crippen LogP contribution in [0, 0.1) is 17.5 Å². The summed E-state index contributed by atoms with van der Waals surface area (Å²) >= 11 is 0. The normalized spacial score (nSPS) is 13.6. The number of likely N-dealkylation sites (N-methyl/N-ethyl adjacent to an activating group) is 1. The standard InChI is InChI=1S/C11H11F6NO/c1-18-10(4-19-5-11(15,16)17)6-2-8(13)9(14)3-7(6)12/h2-3,10,18H,4-5H2,1H3. The number of rotatable bonds is 5. The molecule has 1 aromatic carbocycles. The SMILES string of the molecule is CNC(COCC(F)(F)F)c1cc(F)c(F)cc1F. The first kappa shape index (κ1) is 15.8. The molecular weight excluding hydrogens is 276 g/mol. The maximum Gasteiger partial charge on any atom is 0.411 e. The lowest BCUT2D eigenvalue weighted by Gasteiger charge is -2.18. The van der Waals surface area contributed by atoms with Crippen molar-refractivity contribution in [2.45, 2.75) is 12.2 Å². The highest BCUT2D eigenvalue weighted by atomic mass is 19.4. The van der Waals surface area contributed by atoms with Crippen molar-refractivity contribution in [2.24, 2.45) is 0 Å². The first-order chi connectivity index (χ1) is 8.74. The molecule has 0 aliphatic carbocycles. The topological polar surface area (TPSA) is 21.3 Å². The summed E-state index contributed by atoms with van der Waals surface area (Å²) < 4.78 is 79.1. The molecule has 0 heterocycles. The fraction of sp³-hybridized carbons (Fsp3) is 0.455. The van der Waals surface area contributed by atoms with E-state index in [0.29, 0.717) is 12.1 Å². The molecule has 0 aromatic heterocycles. The summed E-state index contributed by atoms with van der Waals surface area (Å²) in [7, 11) is 1.34. The Morgan fingerprint density at radius 3 is 2.21 bits per heavy atom. The van der Waals surface area contributed by atoms with E-state index in [2.05, 4.69) is 10.1 Å². The van der Waals surface area contributed by atoms with Crippen molar-refractivity contribution in [3.63, 3.8) is 0 Å². The Hall–Kier alpha value is -1.28. The molecule has 8 heteroatoms. The first-order valence-corrected chi connectivity index (χ1v) is 5.21. The summed E-state index contributed by atoms with van der Waals surface area (Å²) in [6.07, 6.45) is -4.51. The smallest absolute Gasteiger partial charge is 0.370 e. The minimum Gasteiger partial charge on any atom is -0.370 e. The van der Waals surface area contributed by atoms with Gasteiger partial charge < -0.3 is 10.1 Å². The van der Waals surface area contributed by atoms with Gasteiger partial charge in [0.15, 0.2) is 11.6 Å². The van der Waals surface area contributed by atoms with E-state index in [9.17, 15) is 26.3 Å². The third-order valence-electron chi connectivity index (χ3n) is 2.31. The highest BCUT2D eigenvalue weighted by molar-refractivity contribution is 5.23. The van der Waals surface area contributed by atoms with Gasteiger partial charge in [0.2, 0.25) is 0 Å². The largest absolute Gasteiger partial charge is 0.411 e. The highest BCUT2D eigenvalue weighted by Crippen LogP contribution is 2.22. The van der Waals surface area contributed by atoms with Crippen molar-refractivity contribution in [3.8, 4) is 0 Å². The van der Waals surface area contributed by atoms with Crippen LogP contribution in [0.3, 0.4) is 0 Å². The number of halogens is 6. The average molecular weight is 287 g/mol. The van der Waals surface area contributed by atoms with E-state index < -0.39 is 42.9 Å². The molecule has 0 bridgehead atoms. The molecule has 0 aliphatic rings. The summed E-state index contributed by atoms with van der Waals surface area (Å²) in [5.41, 5.74) is -0.302. The van der Waals surface area contributed by atoms with Gasteiger partial charge in [-0.15, -0.1) is 0 Å². The molecule has 0 fully saturated rings. The first-order valence-electron chi connectivity index (χ1n) is 5.21. The van der Waals surface area contributed by atoms with E-state index in [0.717, 1.165) is 0 Å². The van der Waals surface area contributed by atoms with E-state index in [4.69, 9.17) is 0 Å².